The fraction of sp³-hybridized carbons (Fsp3) is 0.0164. The van der Waals surface area contributed by atoms with Crippen molar-refractivity contribution in [2.75, 3.05) is 0 Å². The fourth-order valence-corrected chi connectivity index (χ4v) is 9.97. The number of nitrogens with zero attached hydrogens (tertiary/aromatic N) is 2. The van der Waals surface area contributed by atoms with E-state index in [9.17, 15) is 0 Å². The fourth-order valence-electron chi connectivity index (χ4n) is 9.97. The zero-order chi connectivity index (χ0) is 42.8. The average Bonchev–Trinajstić information content (AvgIpc) is 3.76. The molecule has 4 heteroatoms. The monoisotopic (exact) mass is 829 g/mol. The Bertz CT molecular complexity index is 3910. The van der Waals surface area contributed by atoms with E-state index >= 15 is 0 Å². The number of benzene rings is 11. The van der Waals surface area contributed by atoms with Crippen molar-refractivity contribution in [1.82, 2.24) is 5.32 Å². The highest BCUT2D eigenvalue weighted by Gasteiger charge is 2.24. The molecule has 0 fully saturated rings. The third-order valence-corrected chi connectivity index (χ3v) is 13.1. The number of hydrogen-bond acceptors (Lipinski definition) is 4. The highest BCUT2D eigenvalue weighted by Crippen LogP contribution is 2.42. The predicted octanol–water partition coefficient (Wildman–Crippen LogP) is 15.7. The summed E-state index contributed by atoms with van der Waals surface area (Å²) in [6.45, 7) is 0. The van der Waals surface area contributed by atoms with Crippen molar-refractivity contribution in [3.05, 3.63) is 241 Å². The Hall–Kier alpha value is -8.60. The molecule has 4 nitrogen and oxygen atoms in total. The highest BCUT2D eigenvalue weighted by molar-refractivity contribution is 6.19. The van der Waals surface area contributed by atoms with E-state index in [1.807, 2.05) is 6.07 Å². The van der Waals surface area contributed by atoms with E-state index in [4.69, 9.17) is 14.4 Å². The molecule has 2 heterocycles. The summed E-state index contributed by atoms with van der Waals surface area (Å²) in [7, 11) is 0. The first-order chi connectivity index (χ1) is 32.2. The van der Waals surface area contributed by atoms with E-state index in [0.29, 0.717) is 0 Å². The number of nitrogens with one attached hydrogen (secondary N) is 1. The molecule has 0 saturated heterocycles. The van der Waals surface area contributed by atoms with E-state index in [1.165, 1.54) is 43.4 Å². The van der Waals surface area contributed by atoms with Crippen LogP contribution < -0.4 is 5.32 Å². The van der Waals surface area contributed by atoms with Gasteiger partial charge in [0.05, 0.1) is 0 Å². The van der Waals surface area contributed by atoms with Gasteiger partial charge in [-0.2, -0.15) is 0 Å². The van der Waals surface area contributed by atoms with E-state index in [0.717, 1.165) is 83.3 Å². The van der Waals surface area contributed by atoms with Gasteiger partial charge in [-0.3, -0.25) is 0 Å². The highest BCUT2D eigenvalue weighted by atomic mass is 16.3. The van der Waals surface area contributed by atoms with E-state index < -0.39 is 6.17 Å². The summed E-state index contributed by atoms with van der Waals surface area (Å²) in [6, 6.07) is 80.0. The van der Waals surface area contributed by atoms with Gasteiger partial charge in [-0.25, -0.2) is 9.98 Å². The Labute approximate surface area is 375 Å². The maximum absolute atomic E-state index is 6.57. The Morgan fingerprint density at radius 3 is 1.77 bits per heavy atom. The summed E-state index contributed by atoms with van der Waals surface area (Å²) in [4.78, 5) is 10.9. The molecular formula is C61H39N3O. The average molecular weight is 830 g/mol. The van der Waals surface area contributed by atoms with Crippen LogP contribution >= 0.6 is 0 Å². The van der Waals surface area contributed by atoms with Crippen LogP contribution in [-0.2, 0) is 0 Å². The molecule has 0 saturated carbocycles. The molecule has 0 radical (unpaired) electrons. The number of rotatable bonds is 6. The van der Waals surface area contributed by atoms with Crippen molar-refractivity contribution in [1.29, 1.82) is 0 Å². The van der Waals surface area contributed by atoms with Gasteiger partial charge in [0.25, 0.3) is 0 Å². The van der Waals surface area contributed by atoms with Gasteiger partial charge in [0.15, 0.2) is 6.17 Å². The normalized spacial score (nSPS) is 14.0. The van der Waals surface area contributed by atoms with Gasteiger partial charge in [-0.1, -0.05) is 200 Å². The molecule has 0 bridgehead atoms. The summed E-state index contributed by atoms with van der Waals surface area (Å²) in [5.74, 6) is 1.56. The lowest BCUT2D eigenvalue weighted by Gasteiger charge is -2.24. The van der Waals surface area contributed by atoms with E-state index in [-0.39, 0.29) is 0 Å². The summed E-state index contributed by atoms with van der Waals surface area (Å²) >= 11 is 0. The lowest BCUT2D eigenvalue weighted by molar-refractivity contribution is 0.669. The van der Waals surface area contributed by atoms with Crippen LogP contribution in [0.3, 0.4) is 0 Å². The Morgan fingerprint density at radius 2 is 0.908 bits per heavy atom. The smallest absolute Gasteiger partial charge is 0.170 e. The molecule has 304 valence electrons. The van der Waals surface area contributed by atoms with Crippen molar-refractivity contribution in [3.63, 3.8) is 0 Å². The van der Waals surface area contributed by atoms with Crippen molar-refractivity contribution in [2.24, 2.45) is 9.98 Å². The quantitative estimate of drug-likeness (QED) is 0.170. The minimum atomic E-state index is -0.511. The molecule has 0 aliphatic carbocycles. The minimum absolute atomic E-state index is 0.511. The molecule has 65 heavy (non-hydrogen) atoms. The number of furan rings is 1. The topological polar surface area (TPSA) is 49.9 Å². The largest absolute Gasteiger partial charge is 0.456 e. The number of fused-ring (bicyclic) bond motifs is 8. The molecule has 0 spiro atoms. The van der Waals surface area contributed by atoms with Crippen LogP contribution in [-0.4, -0.2) is 11.7 Å². The zero-order valence-corrected chi connectivity index (χ0v) is 35.2. The number of aliphatic imine (C=N–C) groups is 2. The first kappa shape index (κ1) is 37.0. The first-order valence-corrected chi connectivity index (χ1v) is 22.2. The second kappa shape index (κ2) is 15.0. The predicted molar refractivity (Wildman–Crippen MR) is 272 cm³/mol. The van der Waals surface area contributed by atoms with Crippen molar-refractivity contribution in [3.8, 4) is 33.4 Å². The van der Waals surface area contributed by atoms with E-state index in [1.54, 1.807) is 0 Å². The number of hydrogen-bond donors (Lipinski definition) is 1. The van der Waals surface area contributed by atoms with Crippen LogP contribution in [0.15, 0.2) is 239 Å². The Morgan fingerprint density at radius 1 is 0.323 bits per heavy atom. The second-order valence-corrected chi connectivity index (χ2v) is 16.9. The molecule has 1 unspecified atom stereocenters. The van der Waals surface area contributed by atoms with Gasteiger partial charge < -0.3 is 9.73 Å². The SMILES string of the molecule is c1ccc(-c2ccc3c(c2)oc2cccc(-c4cccc5c(C6N=C(c7ccc(-c8cccc9ccccc89)cc7)NC(c7ccc8ccc9ccccc9c8c7)=N6)cccc45)c23)cc1. The molecule has 1 aliphatic rings. The molecule has 0 amide bonds. The standard InChI is InChI=1S/C61H39N3O/c1-2-12-38(13-3-1)44-34-35-54-57(37-44)65-56-25-11-23-52(58(54)56)50-21-9-22-51-49(50)20-10-24-53(51)61-63-59(43-31-28-41(29-32-43)47-19-8-16-39-14-4-6-17-46(39)47)62-60(64-61)45-33-30-42-27-26-40-15-5-7-18-48(40)55(42)36-45/h1-37,61H,(H,62,63,64). The molecule has 13 rings (SSSR count). The van der Waals surface area contributed by atoms with Crippen molar-refractivity contribution < 1.29 is 4.42 Å². The van der Waals surface area contributed by atoms with Crippen molar-refractivity contribution in [2.45, 2.75) is 6.17 Å². The molecule has 1 aromatic heterocycles. The van der Waals surface area contributed by atoms with Crippen LogP contribution in [0.1, 0.15) is 22.9 Å². The van der Waals surface area contributed by atoms with Gasteiger partial charge in [-0.15, -0.1) is 0 Å². The van der Waals surface area contributed by atoms with Crippen LogP contribution in [0.2, 0.25) is 0 Å². The van der Waals surface area contributed by atoms with Gasteiger partial charge in [0.1, 0.15) is 22.8 Å². The third kappa shape index (κ3) is 6.30. The molecule has 1 atom stereocenters. The summed E-state index contributed by atoms with van der Waals surface area (Å²) < 4.78 is 6.57. The summed E-state index contributed by atoms with van der Waals surface area (Å²) in [6.07, 6.45) is -0.511. The van der Waals surface area contributed by atoms with Gasteiger partial charge in [0.2, 0.25) is 0 Å². The van der Waals surface area contributed by atoms with Crippen LogP contribution in [0.25, 0.3) is 98.4 Å². The van der Waals surface area contributed by atoms with Crippen LogP contribution in [0, 0.1) is 0 Å². The van der Waals surface area contributed by atoms with Crippen LogP contribution in [0.4, 0.5) is 0 Å². The third-order valence-electron chi connectivity index (χ3n) is 13.1. The molecule has 12 aromatic rings. The lowest BCUT2D eigenvalue weighted by atomic mass is 9.92. The summed E-state index contributed by atoms with van der Waals surface area (Å²) in [5.41, 5.74) is 11.7. The van der Waals surface area contributed by atoms with Gasteiger partial charge in [-0.05, 0) is 101 Å². The Kier molecular flexibility index (Phi) is 8.56. The van der Waals surface area contributed by atoms with Gasteiger partial charge in [0, 0.05) is 27.5 Å². The molecular weight excluding hydrogens is 791 g/mol. The number of amidine groups is 2. The summed E-state index contributed by atoms with van der Waals surface area (Å²) in [5, 5.41) is 15.4. The molecule has 11 aromatic carbocycles. The minimum Gasteiger partial charge on any atom is -0.456 e. The lowest BCUT2D eigenvalue weighted by Crippen LogP contribution is -2.36. The zero-order valence-electron chi connectivity index (χ0n) is 35.2. The van der Waals surface area contributed by atoms with E-state index in [2.05, 4.69) is 224 Å². The Balaban J connectivity index is 0.952. The van der Waals surface area contributed by atoms with Gasteiger partial charge >= 0.3 is 0 Å². The molecule has 1 aliphatic heterocycles. The first-order valence-electron chi connectivity index (χ1n) is 22.2. The second-order valence-electron chi connectivity index (χ2n) is 16.9. The van der Waals surface area contributed by atoms with Crippen molar-refractivity contribution >= 4 is 76.7 Å². The maximum atomic E-state index is 6.57. The van der Waals surface area contributed by atoms with Crippen LogP contribution in [0.5, 0.6) is 0 Å². The maximum Gasteiger partial charge on any atom is 0.170 e. The molecule has 1 N–H and O–H groups in total.